The van der Waals surface area contributed by atoms with E-state index in [0.29, 0.717) is 34.5 Å². The lowest BCUT2D eigenvalue weighted by Gasteiger charge is -2.31. The van der Waals surface area contributed by atoms with Crippen LogP contribution in [0.5, 0.6) is 11.5 Å². The number of fused-ring (bicyclic) bond motifs is 1. The molecule has 1 aliphatic heterocycles. The van der Waals surface area contributed by atoms with E-state index < -0.39 is 75.0 Å². The average molecular weight is 801 g/mol. The number of aromatic nitrogens is 1. The molecule has 4 aromatic rings. The predicted molar refractivity (Wildman–Crippen MR) is 217 cm³/mol. The number of carbonyl (C=O) groups is 4. The van der Waals surface area contributed by atoms with Gasteiger partial charge in [-0.25, -0.2) is 18.2 Å². The topological polar surface area (TPSA) is 170 Å². The number of nitrogens with one attached hydrogen (secondary N) is 2. The maximum Gasteiger partial charge on any atom is 0.408 e. The fraction of sp³-hybridized carbons (Fsp3) is 0.419. The van der Waals surface area contributed by atoms with Crippen molar-refractivity contribution in [3.8, 4) is 22.8 Å². The number of amides is 3. The minimum absolute atomic E-state index is 0.00203. The van der Waals surface area contributed by atoms with Crippen LogP contribution in [0, 0.1) is 5.92 Å². The van der Waals surface area contributed by atoms with Crippen LogP contribution in [-0.4, -0.2) is 91.2 Å². The summed E-state index contributed by atoms with van der Waals surface area (Å²) in [6.45, 7) is 10.5. The van der Waals surface area contributed by atoms with Crippen LogP contribution >= 0.6 is 0 Å². The van der Waals surface area contributed by atoms with Crippen molar-refractivity contribution in [3.05, 3.63) is 84.9 Å². The molecule has 0 radical (unpaired) electrons. The number of benzene rings is 3. The molecule has 0 aliphatic carbocycles. The maximum absolute atomic E-state index is 14.5. The lowest BCUT2D eigenvalue weighted by atomic mass is 10.0. The van der Waals surface area contributed by atoms with Crippen molar-refractivity contribution < 1.29 is 41.8 Å². The summed E-state index contributed by atoms with van der Waals surface area (Å²) in [6, 6.07) is 21.1. The lowest BCUT2D eigenvalue weighted by molar-refractivity contribution is -0.141. The van der Waals surface area contributed by atoms with Gasteiger partial charge in [0.1, 0.15) is 41.0 Å². The van der Waals surface area contributed by atoms with Gasteiger partial charge in [0, 0.05) is 29.5 Å². The molecule has 1 aliphatic rings. The Morgan fingerprint density at radius 1 is 0.930 bits per heavy atom. The zero-order chi connectivity index (χ0) is 41.5. The number of ether oxygens (including phenoxy) is 3. The molecule has 3 aromatic carbocycles. The zero-order valence-corrected chi connectivity index (χ0v) is 34.3. The Balaban J connectivity index is 1.48. The van der Waals surface area contributed by atoms with Crippen molar-refractivity contribution in [2.24, 2.45) is 5.92 Å². The van der Waals surface area contributed by atoms with Gasteiger partial charge in [0.2, 0.25) is 11.8 Å². The number of Topliss-reactive ketones (excluding diaryl/α,β-unsaturated/α-hetero) is 1. The number of methoxy groups -OCH3 is 1. The van der Waals surface area contributed by atoms with Crippen LogP contribution in [0.3, 0.4) is 0 Å². The molecule has 2 unspecified atom stereocenters. The van der Waals surface area contributed by atoms with Crippen LogP contribution in [0.2, 0.25) is 0 Å². The Kier molecular flexibility index (Phi) is 13.6. The molecule has 0 saturated carbocycles. The Morgan fingerprint density at radius 2 is 1.60 bits per heavy atom. The van der Waals surface area contributed by atoms with Gasteiger partial charge in [-0.3, -0.25) is 14.4 Å². The standard InChI is InChI=1S/C43H52N4O9S/c1-8-15-33(37(48)26-57(52,53)31-18-13-10-14-19-31)45-40(49)36-23-30(25-47(36)41(50)39(27(2)3)46-42(51)56-43(4,5)6)55-38-24-34(28-16-11-9-12-17-28)44-35-22-29(54-7)20-21-32(35)38/h9-14,16-22,24,27,30,33,36,39H,8,15,23,25-26H2,1-7H3,(H,45,49)(H,46,51)/t30?,33-,36?,39-/m0/s1. The summed E-state index contributed by atoms with van der Waals surface area (Å²) in [7, 11) is -2.42. The SMILES string of the molecule is CCC[C@H](NC(=O)C1CC(Oc2cc(-c3ccccc3)nc3cc(OC)ccc23)CN1C(=O)[C@@H](NC(=O)OC(C)(C)C)C(C)C)C(=O)CS(=O)(=O)c1ccccc1. The van der Waals surface area contributed by atoms with Gasteiger partial charge in [-0.1, -0.05) is 75.7 Å². The van der Waals surface area contributed by atoms with E-state index in [2.05, 4.69) is 10.6 Å². The molecule has 4 atom stereocenters. The molecule has 304 valence electrons. The van der Waals surface area contributed by atoms with E-state index in [-0.39, 0.29) is 24.3 Å². The van der Waals surface area contributed by atoms with Gasteiger partial charge < -0.3 is 29.7 Å². The summed E-state index contributed by atoms with van der Waals surface area (Å²) in [5.41, 5.74) is 1.27. The highest BCUT2D eigenvalue weighted by Gasteiger charge is 2.45. The fourth-order valence-electron chi connectivity index (χ4n) is 6.71. The number of alkyl carbamates (subject to hydrolysis) is 1. The summed E-state index contributed by atoms with van der Waals surface area (Å²) in [5.74, 6) is -1.99. The zero-order valence-electron chi connectivity index (χ0n) is 33.5. The van der Waals surface area contributed by atoms with E-state index in [1.54, 1.807) is 72.1 Å². The molecule has 13 nitrogen and oxygen atoms in total. The first kappa shape index (κ1) is 42.6. The summed E-state index contributed by atoms with van der Waals surface area (Å²) >= 11 is 0. The highest BCUT2D eigenvalue weighted by atomic mass is 32.2. The maximum atomic E-state index is 14.5. The highest BCUT2D eigenvalue weighted by Crippen LogP contribution is 2.35. The summed E-state index contributed by atoms with van der Waals surface area (Å²) in [6.07, 6.45) is -0.818. The third-order valence-electron chi connectivity index (χ3n) is 9.51. The van der Waals surface area contributed by atoms with Crippen LogP contribution in [0.4, 0.5) is 4.79 Å². The molecule has 2 N–H and O–H groups in total. The molecule has 1 saturated heterocycles. The quantitative estimate of drug-likeness (QED) is 0.143. The fourth-order valence-corrected chi connectivity index (χ4v) is 8.02. The molecule has 0 bridgehead atoms. The lowest BCUT2D eigenvalue weighted by Crippen LogP contribution is -2.57. The number of hydrogen-bond acceptors (Lipinski definition) is 10. The second-order valence-electron chi connectivity index (χ2n) is 15.5. The summed E-state index contributed by atoms with van der Waals surface area (Å²) in [4.78, 5) is 61.5. The van der Waals surface area contributed by atoms with Gasteiger partial charge in [-0.2, -0.15) is 0 Å². The Hall–Kier alpha value is -5.50. The number of likely N-dealkylation sites (tertiary alicyclic amines) is 1. The number of rotatable bonds is 15. The highest BCUT2D eigenvalue weighted by molar-refractivity contribution is 7.92. The molecule has 1 aromatic heterocycles. The van der Waals surface area contributed by atoms with E-state index in [9.17, 15) is 27.6 Å². The van der Waals surface area contributed by atoms with Crippen molar-refractivity contribution in [1.82, 2.24) is 20.5 Å². The van der Waals surface area contributed by atoms with Crippen LogP contribution in [0.1, 0.15) is 60.8 Å². The molecule has 5 rings (SSSR count). The van der Waals surface area contributed by atoms with Gasteiger partial charge in [-0.15, -0.1) is 0 Å². The van der Waals surface area contributed by atoms with Gasteiger partial charge in [0.25, 0.3) is 0 Å². The second-order valence-corrected chi connectivity index (χ2v) is 17.5. The first-order valence-electron chi connectivity index (χ1n) is 19.1. The number of ketones is 1. The molecule has 1 fully saturated rings. The van der Waals surface area contributed by atoms with Crippen molar-refractivity contribution in [2.45, 2.75) is 95.5 Å². The smallest absolute Gasteiger partial charge is 0.408 e. The average Bonchev–Trinajstić information content (AvgIpc) is 3.59. The van der Waals surface area contributed by atoms with Crippen molar-refractivity contribution in [3.63, 3.8) is 0 Å². The third-order valence-corrected chi connectivity index (χ3v) is 11.2. The molecular weight excluding hydrogens is 749 g/mol. The normalized spacial score (nSPS) is 16.8. The van der Waals surface area contributed by atoms with E-state index in [4.69, 9.17) is 19.2 Å². The monoisotopic (exact) mass is 800 g/mol. The number of sulfone groups is 1. The first-order valence-corrected chi connectivity index (χ1v) is 20.8. The third kappa shape index (κ3) is 10.9. The Labute approximate surface area is 334 Å². The summed E-state index contributed by atoms with van der Waals surface area (Å²) in [5, 5.41) is 6.15. The molecule has 3 amide bonds. The number of nitrogens with zero attached hydrogens (tertiary/aromatic N) is 2. The van der Waals surface area contributed by atoms with Crippen LogP contribution in [0.25, 0.3) is 22.2 Å². The van der Waals surface area contributed by atoms with E-state index in [0.717, 1.165) is 5.56 Å². The summed E-state index contributed by atoms with van der Waals surface area (Å²) < 4.78 is 43.9. The molecule has 57 heavy (non-hydrogen) atoms. The van der Waals surface area contributed by atoms with E-state index in [1.807, 2.05) is 49.4 Å². The van der Waals surface area contributed by atoms with Gasteiger partial charge in [-0.05, 0) is 57.4 Å². The minimum atomic E-state index is -3.99. The van der Waals surface area contributed by atoms with Gasteiger partial charge in [0.05, 0.1) is 35.8 Å². The van der Waals surface area contributed by atoms with Crippen LogP contribution in [0.15, 0.2) is 89.8 Å². The van der Waals surface area contributed by atoms with Crippen molar-refractivity contribution >= 4 is 44.4 Å². The largest absolute Gasteiger partial charge is 0.497 e. The molecule has 14 heteroatoms. The second kappa shape index (κ2) is 18.2. The molecule has 0 spiro atoms. The van der Waals surface area contributed by atoms with Crippen molar-refractivity contribution in [1.29, 1.82) is 0 Å². The number of pyridine rings is 1. The van der Waals surface area contributed by atoms with Crippen LogP contribution in [-0.2, 0) is 29.0 Å². The molecular formula is C43H52N4O9S. The van der Waals surface area contributed by atoms with E-state index in [1.165, 1.54) is 17.0 Å². The van der Waals surface area contributed by atoms with Crippen molar-refractivity contribution in [2.75, 3.05) is 19.4 Å². The van der Waals surface area contributed by atoms with Crippen LogP contribution < -0.4 is 20.1 Å². The predicted octanol–water partition coefficient (Wildman–Crippen LogP) is 6.14. The van der Waals surface area contributed by atoms with E-state index >= 15 is 0 Å². The first-order chi connectivity index (χ1) is 27.0. The van der Waals surface area contributed by atoms with Gasteiger partial charge >= 0.3 is 6.09 Å². The number of carbonyl (C=O) groups excluding carboxylic acids is 4. The van der Waals surface area contributed by atoms with Gasteiger partial charge in [0.15, 0.2) is 15.6 Å². The number of hydrogen-bond donors (Lipinski definition) is 2. The Morgan fingerprint density at radius 3 is 2.21 bits per heavy atom. The Bertz CT molecular complexity index is 2170. The molecule has 2 heterocycles. The minimum Gasteiger partial charge on any atom is -0.497 e.